The molecule has 5 heteroatoms. The Balaban J connectivity index is 1.78. The molecular formula is C28H39FO4. The molecule has 1 aromatic carbocycles. The van der Waals surface area contributed by atoms with Crippen molar-refractivity contribution in [1.29, 1.82) is 0 Å². The first kappa shape index (κ1) is 25.6. The molecule has 1 saturated heterocycles. The van der Waals surface area contributed by atoms with E-state index in [1.807, 2.05) is 18.2 Å². The van der Waals surface area contributed by atoms with Gasteiger partial charge in [0.25, 0.3) is 0 Å². The van der Waals surface area contributed by atoms with Crippen molar-refractivity contribution in [3.8, 4) is 0 Å². The highest BCUT2D eigenvalue weighted by Crippen LogP contribution is 2.57. The highest BCUT2D eigenvalue weighted by Gasteiger charge is 2.58. The number of fused-ring (bicyclic) bond motifs is 2. The minimum absolute atomic E-state index is 0.0873. The lowest BCUT2D eigenvalue weighted by molar-refractivity contribution is -0.137. The third-order valence-electron chi connectivity index (χ3n) is 7.42. The minimum Gasteiger partial charge on any atom is -0.481 e. The minimum atomic E-state index is -0.764. The molecule has 1 saturated carbocycles. The second kappa shape index (κ2) is 11.4. The standard InChI is InChI=1S/C28H39FO4/c1-19(2)16-20(3)25(30)15-14-23-24(8-6-4-5-7-9-27(31)32)28(17-26(23)33-18-28)21-10-12-22(29)13-11-21/h4,6,10-15,19-20,23-26,30H,5,7-9,16-18H2,1-3H3,(H,31,32)/t20?,23-,24-,25+,26-,28-/m0/s1. The maximum atomic E-state index is 13.6. The summed E-state index contributed by atoms with van der Waals surface area (Å²) < 4.78 is 19.8. The molecule has 0 radical (unpaired) electrons. The first-order valence-electron chi connectivity index (χ1n) is 12.3. The highest BCUT2D eigenvalue weighted by molar-refractivity contribution is 5.66. The number of hydrogen-bond donors (Lipinski definition) is 2. The molecule has 1 heterocycles. The molecule has 2 fully saturated rings. The number of unbranched alkanes of at least 4 members (excludes halogenated alkanes) is 1. The first-order chi connectivity index (χ1) is 15.7. The molecule has 1 aromatic rings. The van der Waals surface area contributed by atoms with Gasteiger partial charge in [0, 0.05) is 17.8 Å². The number of hydrogen-bond acceptors (Lipinski definition) is 3. The van der Waals surface area contributed by atoms with Crippen molar-refractivity contribution >= 4 is 5.97 Å². The number of benzene rings is 1. The van der Waals surface area contributed by atoms with Gasteiger partial charge < -0.3 is 14.9 Å². The number of halogens is 1. The Hall–Kier alpha value is -1.98. The van der Waals surface area contributed by atoms with Crippen molar-refractivity contribution in [2.24, 2.45) is 23.7 Å². The van der Waals surface area contributed by atoms with Crippen molar-refractivity contribution in [3.63, 3.8) is 0 Å². The largest absolute Gasteiger partial charge is 0.481 e. The maximum Gasteiger partial charge on any atom is 0.303 e. The quantitative estimate of drug-likeness (QED) is 0.302. The van der Waals surface area contributed by atoms with Crippen LogP contribution in [0.15, 0.2) is 48.6 Å². The van der Waals surface area contributed by atoms with Gasteiger partial charge in [-0.05, 0) is 67.6 Å². The van der Waals surface area contributed by atoms with Crippen LogP contribution in [0.5, 0.6) is 0 Å². The Labute approximate surface area is 197 Å². The van der Waals surface area contributed by atoms with E-state index in [-0.39, 0.29) is 41.5 Å². The zero-order chi connectivity index (χ0) is 24.0. The third-order valence-corrected chi connectivity index (χ3v) is 7.42. The number of carboxylic acid groups (broad SMARTS) is 1. The molecule has 0 spiro atoms. The maximum absolute atomic E-state index is 13.6. The monoisotopic (exact) mass is 458 g/mol. The average Bonchev–Trinajstić information content (AvgIpc) is 3.32. The molecule has 0 aromatic heterocycles. The van der Waals surface area contributed by atoms with E-state index in [1.54, 1.807) is 0 Å². The van der Waals surface area contributed by atoms with E-state index in [0.717, 1.165) is 31.2 Å². The van der Waals surface area contributed by atoms with Crippen molar-refractivity contribution in [1.82, 2.24) is 0 Å². The molecule has 2 N–H and O–H groups in total. The lowest BCUT2D eigenvalue weighted by Gasteiger charge is -2.38. The fourth-order valence-corrected chi connectivity index (χ4v) is 5.75. The van der Waals surface area contributed by atoms with E-state index in [0.29, 0.717) is 18.9 Å². The number of aliphatic hydroxyl groups excluding tert-OH is 1. The van der Waals surface area contributed by atoms with Crippen molar-refractivity contribution < 1.29 is 24.1 Å². The predicted molar refractivity (Wildman–Crippen MR) is 128 cm³/mol. The van der Waals surface area contributed by atoms with Gasteiger partial charge in [-0.15, -0.1) is 0 Å². The summed E-state index contributed by atoms with van der Waals surface area (Å²) in [7, 11) is 0. The Morgan fingerprint density at radius 3 is 2.64 bits per heavy atom. The van der Waals surface area contributed by atoms with Gasteiger partial charge in [0.2, 0.25) is 0 Å². The number of aliphatic carboxylic acids is 1. The van der Waals surface area contributed by atoms with Gasteiger partial charge in [-0.25, -0.2) is 4.39 Å². The van der Waals surface area contributed by atoms with Gasteiger partial charge in [-0.3, -0.25) is 4.79 Å². The number of carbonyl (C=O) groups is 1. The summed E-state index contributed by atoms with van der Waals surface area (Å²) in [6, 6.07) is 6.82. The molecule has 1 aliphatic carbocycles. The Morgan fingerprint density at radius 2 is 1.97 bits per heavy atom. The summed E-state index contributed by atoms with van der Waals surface area (Å²) in [5.41, 5.74) is 0.938. The van der Waals surface area contributed by atoms with Crippen LogP contribution in [0.3, 0.4) is 0 Å². The second-order valence-corrected chi connectivity index (χ2v) is 10.4. The molecule has 182 valence electrons. The van der Waals surface area contributed by atoms with E-state index in [4.69, 9.17) is 9.84 Å². The van der Waals surface area contributed by atoms with Gasteiger partial charge in [-0.1, -0.05) is 57.2 Å². The number of ether oxygens (including phenoxy) is 1. The van der Waals surface area contributed by atoms with Gasteiger partial charge in [0.15, 0.2) is 0 Å². The van der Waals surface area contributed by atoms with Crippen molar-refractivity contribution in [3.05, 3.63) is 60.0 Å². The van der Waals surface area contributed by atoms with Crippen LogP contribution in [0, 0.1) is 29.5 Å². The van der Waals surface area contributed by atoms with Crippen LogP contribution in [0.2, 0.25) is 0 Å². The molecule has 33 heavy (non-hydrogen) atoms. The Morgan fingerprint density at radius 1 is 1.24 bits per heavy atom. The topological polar surface area (TPSA) is 66.8 Å². The summed E-state index contributed by atoms with van der Waals surface area (Å²) in [6.45, 7) is 7.05. The van der Waals surface area contributed by atoms with Crippen molar-refractivity contribution in [2.45, 2.75) is 76.9 Å². The molecule has 4 nitrogen and oxygen atoms in total. The molecule has 0 amide bonds. The Bertz CT molecular complexity index is 831. The summed E-state index contributed by atoms with van der Waals surface area (Å²) in [6.07, 6.45) is 12.2. The lowest BCUT2D eigenvalue weighted by atomic mass is 9.69. The first-order valence-corrected chi connectivity index (χ1v) is 12.3. The summed E-state index contributed by atoms with van der Waals surface area (Å²) in [4.78, 5) is 10.7. The number of rotatable bonds is 12. The molecule has 6 atom stereocenters. The van der Waals surface area contributed by atoms with Crippen LogP contribution in [-0.2, 0) is 14.9 Å². The molecular weight excluding hydrogens is 419 g/mol. The van der Waals surface area contributed by atoms with Crippen LogP contribution in [0.4, 0.5) is 4.39 Å². The van der Waals surface area contributed by atoms with E-state index in [9.17, 15) is 14.3 Å². The van der Waals surface area contributed by atoms with Gasteiger partial charge in [-0.2, -0.15) is 0 Å². The zero-order valence-corrected chi connectivity index (χ0v) is 20.1. The van der Waals surface area contributed by atoms with E-state index < -0.39 is 12.1 Å². The van der Waals surface area contributed by atoms with Crippen LogP contribution in [0.1, 0.15) is 64.9 Å². The molecule has 2 bridgehead atoms. The average molecular weight is 459 g/mol. The van der Waals surface area contributed by atoms with Crippen LogP contribution in [-0.4, -0.2) is 35.0 Å². The van der Waals surface area contributed by atoms with Crippen molar-refractivity contribution in [2.75, 3.05) is 6.61 Å². The smallest absolute Gasteiger partial charge is 0.303 e. The van der Waals surface area contributed by atoms with E-state index in [2.05, 4.69) is 39.0 Å². The van der Waals surface area contributed by atoms with Crippen LogP contribution >= 0.6 is 0 Å². The fourth-order valence-electron chi connectivity index (χ4n) is 5.75. The van der Waals surface area contributed by atoms with Crippen LogP contribution in [0.25, 0.3) is 0 Å². The number of carboxylic acids is 1. The highest BCUT2D eigenvalue weighted by atomic mass is 19.1. The van der Waals surface area contributed by atoms with E-state index in [1.165, 1.54) is 12.1 Å². The number of allylic oxidation sites excluding steroid dienone is 2. The predicted octanol–water partition coefficient (Wildman–Crippen LogP) is 5.90. The van der Waals surface area contributed by atoms with E-state index >= 15 is 0 Å². The Kier molecular flexibility index (Phi) is 8.88. The SMILES string of the molecule is CC(C)CC(C)[C@H](O)C=C[C@@H]1[C@@H]2C[C@@](c3ccc(F)cc3)(CO2)[C@H]1CC=CCCCC(=O)O. The molecule has 2 aliphatic rings. The molecule has 1 unspecified atom stereocenters. The number of aliphatic hydroxyl groups is 1. The fraction of sp³-hybridized carbons (Fsp3) is 0.607. The third kappa shape index (κ3) is 6.33. The molecule has 1 aliphatic heterocycles. The van der Waals surface area contributed by atoms with Gasteiger partial charge in [0.05, 0.1) is 18.8 Å². The zero-order valence-electron chi connectivity index (χ0n) is 20.1. The van der Waals surface area contributed by atoms with Gasteiger partial charge >= 0.3 is 5.97 Å². The van der Waals surface area contributed by atoms with Gasteiger partial charge in [0.1, 0.15) is 5.82 Å². The molecule has 3 rings (SSSR count). The van der Waals surface area contributed by atoms with Crippen LogP contribution < -0.4 is 0 Å². The summed E-state index contributed by atoms with van der Waals surface area (Å²) in [5, 5.41) is 19.5. The summed E-state index contributed by atoms with van der Waals surface area (Å²) >= 11 is 0. The normalized spacial score (nSPS) is 28.8. The second-order valence-electron chi connectivity index (χ2n) is 10.4. The summed E-state index contributed by atoms with van der Waals surface area (Å²) in [5.74, 6) is 0.181. The lowest BCUT2D eigenvalue weighted by Crippen LogP contribution is -2.39.